The van der Waals surface area contributed by atoms with Crippen LogP contribution in [0.1, 0.15) is 26.7 Å². The van der Waals surface area contributed by atoms with Crippen LogP contribution in [-0.2, 0) is 0 Å². The number of hydrogen-bond donors (Lipinski definition) is 1. The van der Waals surface area contributed by atoms with Crippen LogP contribution in [0.3, 0.4) is 0 Å². The summed E-state index contributed by atoms with van der Waals surface area (Å²) in [5.41, 5.74) is 0.202. The quantitative estimate of drug-likeness (QED) is 0.889. The maximum atomic E-state index is 6.13. The lowest BCUT2D eigenvalue weighted by molar-refractivity contribution is -0.0680. The van der Waals surface area contributed by atoms with Gasteiger partial charge in [-0.2, -0.15) is 0 Å². The summed E-state index contributed by atoms with van der Waals surface area (Å²) in [6.07, 6.45) is 2.42. The molecule has 0 saturated heterocycles. The fourth-order valence-electron chi connectivity index (χ4n) is 2.64. The summed E-state index contributed by atoms with van der Waals surface area (Å²) in [6.45, 7) is 4.50. The van der Waals surface area contributed by atoms with Crippen LogP contribution < -0.4 is 10.1 Å². The highest BCUT2D eigenvalue weighted by Gasteiger charge is 2.51. The molecule has 1 saturated carbocycles. The molecular formula is C14H19BrClNO. The van der Waals surface area contributed by atoms with Crippen molar-refractivity contribution in [2.45, 2.75) is 38.8 Å². The lowest BCUT2D eigenvalue weighted by Crippen LogP contribution is -2.62. The molecular weight excluding hydrogens is 314 g/mol. The molecule has 18 heavy (non-hydrogen) atoms. The SMILES string of the molecule is CCC1(C)C(NC)CC1Oc1ccc(Cl)cc1Br. The van der Waals surface area contributed by atoms with Gasteiger partial charge in [-0.15, -0.1) is 0 Å². The van der Waals surface area contributed by atoms with Crippen molar-refractivity contribution in [2.24, 2.45) is 5.41 Å². The van der Waals surface area contributed by atoms with Crippen LogP contribution in [0.25, 0.3) is 0 Å². The molecule has 1 aromatic rings. The van der Waals surface area contributed by atoms with Gasteiger partial charge in [-0.05, 0) is 47.6 Å². The summed E-state index contributed by atoms with van der Waals surface area (Å²) in [7, 11) is 2.02. The van der Waals surface area contributed by atoms with Gasteiger partial charge in [0.2, 0.25) is 0 Å². The van der Waals surface area contributed by atoms with Crippen LogP contribution in [0.15, 0.2) is 22.7 Å². The smallest absolute Gasteiger partial charge is 0.134 e. The Morgan fingerprint density at radius 2 is 2.28 bits per heavy atom. The van der Waals surface area contributed by atoms with Crippen LogP contribution in [0.2, 0.25) is 5.02 Å². The van der Waals surface area contributed by atoms with Gasteiger partial charge in [-0.3, -0.25) is 0 Å². The number of benzene rings is 1. The Kier molecular flexibility index (Phi) is 4.25. The minimum Gasteiger partial charge on any atom is -0.489 e. The van der Waals surface area contributed by atoms with E-state index in [1.165, 1.54) is 0 Å². The molecule has 0 aromatic heterocycles. The van der Waals surface area contributed by atoms with Gasteiger partial charge in [0.05, 0.1) is 4.47 Å². The average molecular weight is 333 g/mol. The Morgan fingerprint density at radius 1 is 1.56 bits per heavy atom. The molecule has 0 bridgehead atoms. The van der Waals surface area contributed by atoms with Crippen molar-refractivity contribution in [1.82, 2.24) is 5.32 Å². The van der Waals surface area contributed by atoms with E-state index in [-0.39, 0.29) is 11.5 Å². The molecule has 0 radical (unpaired) electrons. The van der Waals surface area contributed by atoms with E-state index in [4.69, 9.17) is 16.3 Å². The van der Waals surface area contributed by atoms with Gasteiger partial charge in [0.1, 0.15) is 11.9 Å². The molecule has 0 heterocycles. The minimum atomic E-state index is 0.202. The van der Waals surface area contributed by atoms with Gasteiger partial charge in [-0.1, -0.05) is 25.4 Å². The van der Waals surface area contributed by atoms with Crippen molar-refractivity contribution in [1.29, 1.82) is 0 Å². The van der Waals surface area contributed by atoms with E-state index < -0.39 is 0 Å². The molecule has 1 aromatic carbocycles. The predicted octanol–water partition coefficient (Wildman–Crippen LogP) is 4.26. The average Bonchev–Trinajstić information content (AvgIpc) is 2.35. The molecule has 4 heteroatoms. The zero-order valence-electron chi connectivity index (χ0n) is 11.0. The third-order valence-corrected chi connectivity index (χ3v) is 5.11. The Hall–Kier alpha value is -0.250. The maximum Gasteiger partial charge on any atom is 0.134 e. The Bertz CT molecular complexity index is 440. The second-order valence-corrected chi connectivity index (χ2v) is 6.41. The summed E-state index contributed by atoms with van der Waals surface area (Å²) in [5.74, 6) is 0.874. The third kappa shape index (κ3) is 2.40. The first-order chi connectivity index (χ1) is 8.51. The standard InChI is InChI=1S/C14H19BrClNO/c1-4-14(2)12(17-3)8-13(14)18-11-6-5-9(16)7-10(11)15/h5-7,12-13,17H,4,8H2,1-3H3. The maximum absolute atomic E-state index is 6.13. The Labute approximate surface area is 122 Å². The van der Waals surface area contributed by atoms with E-state index in [9.17, 15) is 0 Å². The Balaban J connectivity index is 2.11. The molecule has 1 fully saturated rings. The van der Waals surface area contributed by atoms with E-state index in [1.54, 1.807) is 0 Å². The van der Waals surface area contributed by atoms with Crippen molar-refractivity contribution < 1.29 is 4.74 Å². The highest BCUT2D eigenvalue weighted by atomic mass is 79.9. The number of hydrogen-bond acceptors (Lipinski definition) is 2. The number of nitrogens with one attached hydrogen (secondary N) is 1. The first-order valence-electron chi connectivity index (χ1n) is 6.30. The van der Waals surface area contributed by atoms with E-state index in [0.29, 0.717) is 11.1 Å². The van der Waals surface area contributed by atoms with Crippen LogP contribution in [0.5, 0.6) is 5.75 Å². The van der Waals surface area contributed by atoms with Crippen LogP contribution in [0.4, 0.5) is 0 Å². The molecule has 2 nitrogen and oxygen atoms in total. The molecule has 2 rings (SSSR count). The monoisotopic (exact) mass is 331 g/mol. The van der Waals surface area contributed by atoms with E-state index in [2.05, 4.69) is 35.1 Å². The molecule has 0 spiro atoms. The summed E-state index contributed by atoms with van der Waals surface area (Å²) in [6, 6.07) is 6.20. The minimum absolute atomic E-state index is 0.202. The first kappa shape index (κ1) is 14.2. The normalized spacial score (nSPS) is 30.9. The molecule has 100 valence electrons. The second-order valence-electron chi connectivity index (χ2n) is 5.12. The molecule has 3 atom stereocenters. The van der Waals surface area contributed by atoms with E-state index in [1.807, 2.05) is 25.2 Å². The van der Waals surface area contributed by atoms with Crippen LogP contribution >= 0.6 is 27.5 Å². The molecule has 1 N–H and O–H groups in total. The third-order valence-electron chi connectivity index (χ3n) is 4.25. The summed E-state index contributed by atoms with van der Waals surface area (Å²) in [5, 5.41) is 4.09. The van der Waals surface area contributed by atoms with Gasteiger partial charge < -0.3 is 10.1 Å². The zero-order valence-corrected chi connectivity index (χ0v) is 13.3. The fourth-order valence-corrected chi connectivity index (χ4v) is 3.42. The lowest BCUT2D eigenvalue weighted by Gasteiger charge is -2.53. The van der Waals surface area contributed by atoms with Gasteiger partial charge in [0.15, 0.2) is 0 Å². The largest absolute Gasteiger partial charge is 0.489 e. The Morgan fingerprint density at radius 3 is 2.83 bits per heavy atom. The molecule has 0 aliphatic heterocycles. The van der Waals surface area contributed by atoms with E-state index >= 15 is 0 Å². The van der Waals surface area contributed by atoms with Crippen LogP contribution in [0, 0.1) is 5.41 Å². The van der Waals surface area contributed by atoms with Gasteiger partial charge >= 0.3 is 0 Å². The lowest BCUT2D eigenvalue weighted by atomic mass is 9.61. The molecule has 1 aliphatic carbocycles. The van der Waals surface area contributed by atoms with Gasteiger partial charge in [-0.25, -0.2) is 0 Å². The van der Waals surface area contributed by atoms with Gasteiger partial charge in [0, 0.05) is 22.9 Å². The van der Waals surface area contributed by atoms with Gasteiger partial charge in [0.25, 0.3) is 0 Å². The van der Waals surface area contributed by atoms with Crippen molar-refractivity contribution in [3.05, 3.63) is 27.7 Å². The van der Waals surface area contributed by atoms with Crippen LogP contribution in [-0.4, -0.2) is 19.2 Å². The van der Waals surface area contributed by atoms with Crippen molar-refractivity contribution in [2.75, 3.05) is 7.05 Å². The number of ether oxygens (including phenoxy) is 1. The number of halogens is 2. The van der Waals surface area contributed by atoms with Crippen molar-refractivity contribution in [3.8, 4) is 5.75 Å². The highest BCUT2D eigenvalue weighted by molar-refractivity contribution is 9.10. The topological polar surface area (TPSA) is 21.3 Å². The molecule has 0 amide bonds. The number of rotatable bonds is 4. The van der Waals surface area contributed by atoms with Crippen molar-refractivity contribution in [3.63, 3.8) is 0 Å². The zero-order chi connectivity index (χ0) is 13.3. The summed E-state index contributed by atoms with van der Waals surface area (Å²) < 4.78 is 7.05. The first-order valence-corrected chi connectivity index (χ1v) is 7.47. The highest BCUT2D eigenvalue weighted by Crippen LogP contribution is 2.46. The summed E-state index contributed by atoms with van der Waals surface area (Å²) in [4.78, 5) is 0. The molecule has 3 unspecified atom stereocenters. The predicted molar refractivity (Wildman–Crippen MR) is 79.4 cm³/mol. The summed E-state index contributed by atoms with van der Waals surface area (Å²) >= 11 is 9.43. The molecule has 1 aliphatic rings. The van der Waals surface area contributed by atoms with Crippen molar-refractivity contribution >= 4 is 27.5 Å². The fraction of sp³-hybridized carbons (Fsp3) is 0.571. The van der Waals surface area contributed by atoms with E-state index in [0.717, 1.165) is 23.1 Å². The second kappa shape index (κ2) is 5.40.